The molecule has 1 fully saturated rings. The lowest BCUT2D eigenvalue weighted by Gasteiger charge is -2.32. The van der Waals surface area contributed by atoms with Crippen molar-refractivity contribution in [1.82, 2.24) is 10.2 Å². The topological polar surface area (TPSA) is 50.8 Å². The second kappa shape index (κ2) is 11.0. The average Bonchev–Trinajstić information content (AvgIpc) is 2.76. The number of aryl methyl sites for hydroxylation is 1. The molecule has 0 bridgehead atoms. The van der Waals surface area contributed by atoms with E-state index in [0.717, 1.165) is 43.1 Å². The van der Waals surface area contributed by atoms with E-state index in [1.165, 1.54) is 24.0 Å². The van der Waals surface area contributed by atoms with Gasteiger partial charge in [-0.3, -0.25) is 9.69 Å². The van der Waals surface area contributed by atoms with Gasteiger partial charge in [0.15, 0.2) is 0 Å². The summed E-state index contributed by atoms with van der Waals surface area (Å²) in [6.45, 7) is 5.84. The molecule has 162 valence electrons. The number of nitrogens with one attached hydrogen (secondary N) is 1. The lowest BCUT2D eigenvalue weighted by atomic mass is 9.93. The summed E-state index contributed by atoms with van der Waals surface area (Å²) in [6, 6.07) is 14.4. The van der Waals surface area contributed by atoms with Gasteiger partial charge in [-0.2, -0.15) is 0 Å². The van der Waals surface area contributed by atoms with Gasteiger partial charge in [0, 0.05) is 37.7 Å². The highest BCUT2D eigenvalue weighted by molar-refractivity contribution is 5.75. The second-order valence-corrected chi connectivity index (χ2v) is 8.23. The molecule has 1 N–H and O–H groups in total. The zero-order valence-electron chi connectivity index (χ0n) is 18.4. The largest absolute Gasteiger partial charge is 0.497 e. The first kappa shape index (κ1) is 22.2. The van der Waals surface area contributed by atoms with Crippen LogP contribution in [-0.4, -0.2) is 38.1 Å². The summed E-state index contributed by atoms with van der Waals surface area (Å²) in [5, 5.41) is 3.03. The first-order chi connectivity index (χ1) is 14.6. The highest BCUT2D eigenvalue weighted by Crippen LogP contribution is 2.25. The molecular weight excluding hydrogens is 376 g/mol. The fraction of sp³-hybridized carbons (Fsp3) is 0.480. The molecular formula is C25H34N2O3. The predicted molar refractivity (Wildman–Crippen MR) is 120 cm³/mol. The maximum Gasteiger partial charge on any atom is 0.220 e. The molecule has 1 aliphatic heterocycles. The van der Waals surface area contributed by atoms with E-state index in [1.807, 2.05) is 18.2 Å². The Morgan fingerprint density at radius 3 is 2.80 bits per heavy atom. The van der Waals surface area contributed by atoms with Crippen molar-refractivity contribution in [3.8, 4) is 11.5 Å². The van der Waals surface area contributed by atoms with E-state index >= 15 is 0 Å². The SMILES string of the molecule is COc1ccc(CNC(=O)CCC2CCCN(Cc3cccc(C)c3)C2)c(OC)c1. The fourth-order valence-electron chi connectivity index (χ4n) is 4.21. The van der Waals surface area contributed by atoms with Crippen molar-refractivity contribution in [1.29, 1.82) is 0 Å². The Kier molecular flexibility index (Phi) is 8.14. The van der Waals surface area contributed by atoms with Crippen LogP contribution in [0, 0.1) is 12.8 Å². The van der Waals surface area contributed by atoms with Gasteiger partial charge < -0.3 is 14.8 Å². The average molecular weight is 411 g/mol. The van der Waals surface area contributed by atoms with E-state index in [-0.39, 0.29) is 5.91 Å². The van der Waals surface area contributed by atoms with E-state index in [9.17, 15) is 4.79 Å². The minimum Gasteiger partial charge on any atom is -0.497 e. The molecule has 2 aromatic carbocycles. The molecule has 0 spiro atoms. The summed E-state index contributed by atoms with van der Waals surface area (Å²) < 4.78 is 10.6. The molecule has 0 aliphatic carbocycles. The number of piperidine rings is 1. The molecule has 1 saturated heterocycles. The van der Waals surface area contributed by atoms with Gasteiger partial charge in [-0.15, -0.1) is 0 Å². The molecule has 1 unspecified atom stereocenters. The molecule has 3 rings (SSSR count). The smallest absolute Gasteiger partial charge is 0.220 e. The van der Waals surface area contributed by atoms with E-state index in [1.54, 1.807) is 14.2 Å². The minimum absolute atomic E-state index is 0.101. The first-order valence-electron chi connectivity index (χ1n) is 10.8. The standard InChI is InChI=1S/C25H34N2O3/c1-19-6-4-7-21(14-19)18-27-13-5-8-20(17-27)9-12-25(28)26-16-22-10-11-23(29-2)15-24(22)30-3/h4,6-7,10-11,14-15,20H,5,8-9,12-13,16-18H2,1-3H3,(H,26,28). The van der Waals surface area contributed by atoms with Gasteiger partial charge in [-0.25, -0.2) is 0 Å². The number of nitrogens with zero attached hydrogens (tertiary/aromatic N) is 1. The zero-order chi connectivity index (χ0) is 21.3. The molecule has 0 aromatic heterocycles. The summed E-state index contributed by atoms with van der Waals surface area (Å²) in [5.74, 6) is 2.16. The van der Waals surface area contributed by atoms with Crippen molar-refractivity contribution in [2.45, 2.75) is 45.7 Å². The Labute approximate surface area is 180 Å². The molecule has 5 nitrogen and oxygen atoms in total. The lowest BCUT2D eigenvalue weighted by molar-refractivity contribution is -0.121. The van der Waals surface area contributed by atoms with Crippen LogP contribution in [0.1, 0.15) is 42.4 Å². The lowest BCUT2D eigenvalue weighted by Crippen LogP contribution is -2.35. The third kappa shape index (κ3) is 6.49. The third-order valence-corrected chi connectivity index (χ3v) is 5.84. The number of carbonyl (C=O) groups excluding carboxylic acids is 1. The Balaban J connectivity index is 1.43. The number of hydrogen-bond donors (Lipinski definition) is 1. The van der Waals surface area contributed by atoms with E-state index in [4.69, 9.17) is 9.47 Å². The number of likely N-dealkylation sites (tertiary alicyclic amines) is 1. The van der Waals surface area contributed by atoms with Gasteiger partial charge >= 0.3 is 0 Å². The Bertz CT molecular complexity index is 837. The summed E-state index contributed by atoms with van der Waals surface area (Å²) in [5.41, 5.74) is 3.64. The summed E-state index contributed by atoms with van der Waals surface area (Å²) >= 11 is 0. The van der Waals surface area contributed by atoms with Crippen LogP contribution in [0.2, 0.25) is 0 Å². The highest BCUT2D eigenvalue weighted by Gasteiger charge is 2.20. The number of benzene rings is 2. The number of carbonyl (C=O) groups is 1. The number of methoxy groups -OCH3 is 2. The predicted octanol–water partition coefficient (Wildman–Crippen LogP) is 4.32. The normalized spacial score (nSPS) is 16.8. The molecule has 1 heterocycles. The molecule has 5 heteroatoms. The van der Waals surface area contributed by atoms with Gasteiger partial charge in [0.25, 0.3) is 0 Å². The zero-order valence-corrected chi connectivity index (χ0v) is 18.4. The number of amides is 1. The van der Waals surface area contributed by atoms with E-state index in [2.05, 4.69) is 41.4 Å². The minimum atomic E-state index is 0.101. The van der Waals surface area contributed by atoms with Crippen LogP contribution in [0.3, 0.4) is 0 Å². The second-order valence-electron chi connectivity index (χ2n) is 8.23. The monoisotopic (exact) mass is 410 g/mol. The van der Waals surface area contributed by atoms with Crippen LogP contribution in [0.4, 0.5) is 0 Å². The Morgan fingerprint density at radius 1 is 1.17 bits per heavy atom. The van der Waals surface area contributed by atoms with E-state index in [0.29, 0.717) is 18.9 Å². The maximum atomic E-state index is 12.4. The summed E-state index contributed by atoms with van der Waals surface area (Å²) in [6.07, 6.45) is 3.93. The van der Waals surface area contributed by atoms with Gasteiger partial charge in [-0.05, 0) is 56.3 Å². The van der Waals surface area contributed by atoms with Crippen LogP contribution in [0.15, 0.2) is 42.5 Å². The molecule has 0 saturated carbocycles. The van der Waals surface area contributed by atoms with Crippen molar-refractivity contribution in [2.75, 3.05) is 27.3 Å². The molecule has 1 atom stereocenters. The molecule has 0 radical (unpaired) electrons. The van der Waals surface area contributed by atoms with Crippen molar-refractivity contribution in [2.24, 2.45) is 5.92 Å². The van der Waals surface area contributed by atoms with Crippen LogP contribution in [0.5, 0.6) is 11.5 Å². The van der Waals surface area contributed by atoms with Crippen LogP contribution < -0.4 is 14.8 Å². The Morgan fingerprint density at radius 2 is 2.03 bits per heavy atom. The third-order valence-electron chi connectivity index (χ3n) is 5.84. The molecule has 2 aromatic rings. The highest BCUT2D eigenvalue weighted by atomic mass is 16.5. The molecule has 30 heavy (non-hydrogen) atoms. The van der Waals surface area contributed by atoms with Crippen LogP contribution in [-0.2, 0) is 17.9 Å². The summed E-state index contributed by atoms with van der Waals surface area (Å²) in [4.78, 5) is 14.9. The van der Waals surface area contributed by atoms with Gasteiger partial charge in [0.2, 0.25) is 5.91 Å². The van der Waals surface area contributed by atoms with Gasteiger partial charge in [0.05, 0.1) is 14.2 Å². The van der Waals surface area contributed by atoms with Crippen LogP contribution in [0.25, 0.3) is 0 Å². The first-order valence-corrected chi connectivity index (χ1v) is 10.8. The van der Waals surface area contributed by atoms with Gasteiger partial charge in [-0.1, -0.05) is 29.8 Å². The fourth-order valence-corrected chi connectivity index (χ4v) is 4.21. The van der Waals surface area contributed by atoms with Crippen molar-refractivity contribution < 1.29 is 14.3 Å². The van der Waals surface area contributed by atoms with Crippen molar-refractivity contribution >= 4 is 5.91 Å². The van der Waals surface area contributed by atoms with E-state index < -0.39 is 0 Å². The van der Waals surface area contributed by atoms with Crippen molar-refractivity contribution in [3.05, 3.63) is 59.2 Å². The van der Waals surface area contributed by atoms with Crippen molar-refractivity contribution in [3.63, 3.8) is 0 Å². The number of hydrogen-bond acceptors (Lipinski definition) is 4. The van der Waals surface area contributed by atoms with Gasteiger partial charge in [0.1, 0.15) is 11.5 Å². The quantitative estimate of drug-likeness (QED) is 0.669. The van der Waals surface area contributed by atoms with Crippen LogP contribution >= 0.6 is 0 Å². The summed E-state index contributed by atoms with van der Waals surface area (Å²) in [7, 11) is 3.26. The number of ether oxygens (including phenoxy) is 2. The molecule has 1 amide bonds. The number of rotatable bonds is 9. The maximum absolute atomic E-state index is 12.4. The Hall–Kier alpha value is -2.53. The molecule has 1 aliphatic rings.